The van der Waals surface area contributed by atoms with E-state index in [9.17, 15) is 9.59 Å². The van der Waals surface area contributed by atoms with Gasteiger partial charge in [0.25, 0.3) is 0 Å². The molecule has 260 valence electrons. The highest BCUT2D eigenvalue weighted by atomic mass is 16.6. The van der Waals surface area contributed by atoms with Crippen molar-refractivity contribution in [3.05, 3.63) is 48.6 Å². The molecule has 1 atom stereocenters. The summed E-state index contributed by atoms with van der Waals surface area (Å²) in [4.78, 5) is 27.3. The molecule has 0 saturated heterocycles. The molecular formula is C40H71NO4. The molecule has 0 spiro atoms. The maximum atomic E-state index is 12.6. The third-order valence-electron chi connectivity index (χ3n) is 7.95. The standard InChI is InChI=1S/C40H71NO4/c1-5-9-11-13-15-17-19-21-23-25-27-29-31-33-39(42)44-37-38(35-36-41(7-3)8-4)45-40(43)34-32-30-28-26-24-22-20-18-16-14-12-10-6-2/h11-14,23-26,38H,5-10,15-22,27-37H2,1-4H3/b13-11-,14-12-,25-23-,26-24-/t38-/m0/s1. The smallest absolute Gasteiger partial charge is 0.306 e. The summed E-state index contributed by atoms with van der Waals surface area (Å²) < 4.78 is 11.4. The fourth-order valence-corrected chi connectivity index (χ4v) is 4.93. The molecule has 5 nitrogen and oxygen atoms in total. The van der Waals surface area contributed by atoms with Crippen molar-refractivity contribution >= 4 is 11.9 Å². The number of allylic oxidation sites excluding steroid dienone is 8. The van der Waals surface area contributed by atoms with Gasteiger partial charge < -0.3 is 14.4 Å². The van der Waals surface area contributed by atoms with Gasteiger partial charge in [-0.25, -0.2) is 0 Å². The molecule has 0 rings (SSSR count). The number of hydrogen-bond donors (Lipinski definition) is 0. The lowest BCUT2D eigenvalue weighted by atomic mass is 10.1. The Morgan fingerprint density at radius 2 is 0.911 bits per heavy atom. The zero-order valence-corrected chi connectivity index (χ0v) is 30.0. The van der Waals surface area contributed by atoms with Crippen molar-refractivity contribution < 1.29 is 19.1 Å². The lowest BCUT2D eigenvalue weighted by Gasteiger charge is -2.23. The second-order valence-corrected chi connectivity index (χ2v) is 12.1. The van der Waals surface area contributed by atoms with Crippen LogP contribution in [-0.4, -0.2) is 49.2 Å². The van der Waals surface area contributed by atoms with Crippen molar-refractivity contribution in [3.63, 3.8) is 0 Å². The van der Waals surface area contributed by atoms with Crippen LogP contribution in [0.5, 0.6) is 0 Å². The molecule has 0 aromatic heterocycles. The lowest BCUT2D eigenvalue weighted by Crippen LogP contribution is -2.32. The molecule has 45 heavy (non-hydrogen) atoms. The Kier molecular flexibility index (Phi) is 33.1. The minimum atomic E-state index is -0.385. The van der Waals surface area contributed by atoms with Crippen LogP contribution in [0.3, 0.4) is 0 Å². The van der Waals surface area contributed by atoms with Crippen LogP contribution in [0.4, 0.5) is 0 Å². The predicted molar refractivity (Wildman–Crippen MR) is 193 cm³/mol. The van der Waals surface area contributed by atoms with E-state index in [2.05, 4.69) is 81.2 Å². The third-order valence-corrected chi connectivity index (χ3v) is 7.95. The van der Waals surface area contributed by atoms with E-state index < -0.39 is 0 Å². The number of hydrogen-bond acceptors (Lipinski definition) is 5. The Hall–Kier alpha value is -2.14. The van der Waals surface area contributed by atoms with Crippen LogP contribution in [0.25, 0.3) is 0 Å². The Morgan fingerprint density at radius 1 is 0.533 bits per heavy atom. The van der Waals surface area contributed by atoms with Gasteiger partial charge in [0.2, 0.25) is 0 Å². The Morgan fingerprint density at radius 3 is 1.31 bits per heavy atom. The number of ether oxygens (including phenoxy) is 2. The lowest BCUT2D eigenvalue weighted by molar-refractivity contribution is -0.159. The van der Waals surface area contributed by atoms with Gasteiger partial charge in [0.05, 0.1) is 0 Å². The summed E-state index contributed by atoms with van der Waals surface area (Å²) in [6.07, 6.45) is 39.4. The largest absolute Gasteiger partial charge is 0.462 e. The average molecular weight is 630 g/mol. The van der Waals surface area contributed by atoms with Crippen LogP contribution >= 0.6 is 0 Å². The first kappa shape index (κ1) is 42.9. The summed E-state index contributed by atoms with van der Waals surface area (Å²) in [6.45, 7) is 11.6. The van der Waals surface area contributed by atoms with Crippen LogP contribution in [0.2, 0.25) is 0 Å². The van der Waals surface area contributed by atoms with E-state index >= 15 is 0 Å². The average Bonchev–Trinajstić information content (AvgIpc) is 3.04. The van der Waals surface area contributed by atoms with Gasteiger partial charge in [-0.15, -0.1) is 0 Å². The third kappa shape index (κ3) is 31.6. The fourth-order valence-electron chi connectivity index (χ4n) is 4.93. The fraction of sp³-hybridized carbons (Fsp3) is 0.750. The van der Waals surface area contributed by atoms with Crippen LogP contribution in [-0.2, 0) is 19.1 Å². The quantitative estimate of drug-likeness (QED) is 0.0421. The van der Waals surface area contributed by atoms with Crippen LogP contribution in [0.1, 0.15) is 163 Å². The van der Waals surface area contributed by atoms with Gasteiger partial charge >= 0.3 is 11.9 Å². The number of unbranched alkanes of at least 4 members (excludes halogenated alkanes) is 12. The van der Waals surface area contributed by atoms with Gasteiger partial charge in [-0.2, -0.15) is 0 Å². The molecule has 0 bridgehead atoms. The second-order valence-electron chi connectivity index (χ2n) is 12.1. The van der Waals surface area contributed by atoms with Crippen molar-refractivity contribution in [3.8, 4) is 0 Å². The van der Waals surface area contributed by atoms with E-state index in [0.29, 0.717) is 19.3 Å². The Bertz CT molecular complexity index is 781. The first-order valence-corrected chi connectivity index (χ1v) is 18.7. The zero-order chi connectivity index (χ0) is 33.1. The van der Waals surface area contributed by atoms with Gasteiger partial charge in [0.15, 0.2) is 0 Å². The maximum absolute atomic E-state index is 12.6. The van der Waals surface area contributed by atoms with Gasteiger partial charge in [-0.05, 0) is 116 Å². The Labute approximate surface area is 279 Å². The highest BCUT2D eigenvalue weighted by molar-refractivity contribution is 5.70. The molecule has 5 heteroatoms. The minimum Gasteiger partial charge on any atom is -0.462 e. The second kappa shape index (κ2) is 34.7. The molecule has 0 aliphatic heterocycles. The summed E-state index contributed by atoms with van der Waals surface area (Å²) in [6, 6.07) is 0. The molecule has 0 radical (unpaired) electrons. The van der Waals surface area contributed by atoms with E-state index in [1.165, 1.54) is 64.2 Å². The number of rotatable bonds is 32. The van der Waals surface area contributed by atoms with E-state index in [4.69, 9.17) is 9.47 Å². The molecule has 0 unspecified atom stereocenters. The van der Waals surface area contributed by atoms with Gasteiger partial charge in [-0.1, -0.05) is 89.1 Å². The molecule has 0 fully saturated rings. The van der Waals surface area contributed by atoms with Crippen molar-refractivity contribution in [2.45, 2.75) is 169 Å². The van der Waals surface area contributed by atoms with Gasteiger partial charge in [-0.3, -0.25) is 9.59 Å². The van der Waals surface area contributed by atoms with Gasteiger partial charge in [0.1, 0.15) is 12.7 Å². The Balaban J connectivity index is 4.17. The molecule has 0 aliphatic carbocycles. The summed E-state index contributed by atoms with van der Waals surface area (Å²) in [5.41, 5.74) is 0. The van der Waals surface area contributed by atoms with E-state index in [1.54, 1.807) is 0 Å². The normalized spacial score (nSPS) is 12.8. The summed E-state index contributed by atoms with van der Waals surface area (Å²) in [5, 5.41) is 0. The summed E-state index contributed by atoms with van der Waals surface area (Å²) >= 11 is 0. The highest BCUT2D eigenvalue weighted by Crippen LogP contribution is 2.11. The zero-order valence-electron chi connectivity index (χ0n) is 30.0. The first-order chi connectivity index (χ1) is 22.1. The van der Waals surface area contributed by atoms with Crippen molar-refractivity contribution in [1.29, 1.82) is 0 Å². The van der Waals surface area contributed by atoms with E-state index in [-0.39, 0.29) is 24.6 Å². The molecule has 0 N–H and O–H groups in total. The molecule has 0 aromatic rings. The molecule has 0 aromatic carbocycles. The van der Waals surface area contributed by atoms with E-state index in [1.807, 2.05) is 0 Å². The minimum absolute atomic E-state index is 0.149. The molecule has 0 amide bonds. The molecule has 0 aliphatic rings. The van der Waals surface area contributed by atoms with Crippen LogP contribution in [0, 0.1) is 0 Å². The monoisotopic (exact) mass is 630 g/mol. The maximum Gasteiger partial charge on any atom is 0.306 e. The van der Waals surface area contributed by atoms with Crippen LogP contribution < -0.4 is 0 Å². The topological polar surface area (TPSA) is 55.8 Å². The predicted octanol–water partition coefficient (Wildman–Crippen LogP) is 11.2. The van der Waals surface area contributed by atoms with Gasteiger partial charge in [0, 0.05) is 25.8 Å². The van der Waals surface area contributed by atoms with Crippen molar-refractivity contribution in [2.24, 2.45) is 0 Å². The molecular weight excluding hydrogens is 558 g/mol. The van der Waals surface area contributed by atoms with E-state index in [0.717, 1.165) is 71.0 Å². The van der Waals surface area contributed by atoms with Crippen molar-refractivity contribution in [2.75, 3.05) is 26.2 Å². The van der Waals surface area contributed by atoms with Crippen LogP contribution in [0.15, 0.2) is 48.6 Å². The highest BCUT2D eigenvalue weighted by Gasteiger charge is 2.18. The number of nitrogens with zero attached hydrogens (tertiary/aromatic N) is 1. The van der Waals surface area contributed by atoms with Crippen molar-refractivity contribution in [1.82, 2.24) is 4.90 Å². The first-order valence-electron chi connectivity index (χ1n) is 18.7. The number of carbonyl (C=O) groups excluding carboxylic acids is 2. The molecule has 0 heterocycles. The summed E-state index contributed by atoms with van der Waals surface area (Å²) in [7, 11) is 0. The summed E-state index contributed by atoms with van der Waals surface area (Å²) in [5.74, 6) is -0.380. The number of esters is 2. The molecule has 0 saturated carbocycles. The number of carbonyl (C=O) groups is 2. The SMILES string of the molecule is CCC/C=C\CCCC/C=C\CCCCC(=O)OC[C@H](CCN(CC)CC)OC(=O)CCCC/C=C\CCCC/C=C\CCC.